The third kappa shape index (κ3) is 3.31. The highest BCUT2D eigenvalue weighted by molar-refractivity contribution is 5.77. The summed E-state index contributed by atoms with van der Waals surface area (Å²) in [5, 5.41) is 6.68. The highest BCUT2D eigenvalue weighted by Crippen LogP contribution is 2.26. The first-order valence-corrected chi connectivity index (χ1v) is 7.44. The second-order valence-corrected chi connectivity index (χ2v) is 5.98. The lowest BCUT2D eigenvalue weighted by atomic mass is 10.00. The predicted octanol–water partition coefficient (Wildman–Crippen LogP) is 1.77. The van der Waals surface area contributed by atoms with Crippen molar-refractivity contribution in [1.29, 1.82) is 0 Å². The van der Waals surface area contributed by atoms with E-state index in [0.29, 0.717) is 18.1 Å². The normalized spacial score (nSPS) is 28.1. The van der Waals surface area contributed by atoms with E-state index in [0.717, 1.165) is 24.2 Å². The van der Waals surface area contributed by atoms with Gasteiger partial charge in [0.05, 0.1) is 0 Å². The van der Waals surface area contributed by atoms with E-state index in [9.17, 15) is 4.79 Å². The number of hydrogen-bond donors (Lipinski definition) is 2. The number of benzene rings is 1. The summed E-state index contributed by atoms with van der Waals surface area (Å²) in [5.74, 6) is 0.739. The summed E-state index contributed by atoms with van der Waals surface area (Å²) in [6, 6.07) is 9.27. The van der Waals surface area contributed by atoms with Crippen molar-refractivity contribution in [3.63, 3.8) is 0 Å². The van der Waals surface area contributed by atoms with Gasteiger partial charge in [0.2, 0.25) is 0 Å². The molecule has 2 aliphatic rings. The number of hydrogen-bond acceptors (Lipinski definition) is 3. The van der Waals surface area contributed by atoms with Gasteiger partial charge in [-0.2, -0.15) is 0 Å². The van der Waals surface area contributed by atoms with Crippen LogP contribution in [0.15, 0.2) is 24.3 Å². The van der Waals surface area contributed by atoms with E-state index in [1.807, 2.05) is 31.2 Å². The first-order valence-electron chi connectivity index (χ1n) is 7.44. The van der Waals surface area contributed by atoms with E-state index in [1.165, 1.54) is 12.8 Å². The summed E-state index contributed by atoms with van der Waals surface area (Å²) in [6.45, 7) is 2.11. The standard InChI is InChI=1S/C16H22N2O2/c1-11-3-2-4-15(7-11)20-10-16(19)18-14-8-12-5-6-13(9-14)17-12/h2-4,7,12-14,17H,5-6,8-10H2,1H3,(H,18,19). The highest BCUT2D eigenvalue weighted by atomic mass is 16.5. The molecule has 2 saturated heterocycles. The Morgan fingerprint density at radius 1 is 1.35 bits per heavy atom. The van der Waals surface area contributed by atoms with E-state index in [4.69, 9.17) is 4.74 Å². The molecule has 2 unspecified atom stereocenters. The van der Waals surface area contributed by atoms with E-state index in [-0.39, 0.29) is 12.5 Å². The zero-order chi connectivity index (χ0) is 13.9. The average molecular weight is 274 g/mol. The number of carbonyl (C=O) groups excluding carboxylic acids is 1. The number of nitrogens with one attached hydrogen (secondary N) is 2. The van der Waals surface area contributed by atoms with Gasteiger partial charge in [-0.15, -0.1) is 0 Å². The molecule has 1 aromatic carbocycles. The van der Waals surface area contributed by atoms with Gasteiger partial charge in [0.15, 0.2) is 6.61 Å². The van der Waals surface area contributed by atoms with Gasteiger partial charge in [-0.3, -0.25) is 4.79 Å². The number of aryl methyl sites for hydroxylation is 1. The molecular weight excluding hydrogens is 252 g/mol. The molecule has 4 nitrogen and oxygen atoms in total. The van der Waals surface area contributed by atoms with Crippen molar-refractivity contribution in [2.45, 2.75) is 50.7 Å². The minimum atomic E-state index is -0.0159. The fourth-order valence-corrected chi connectivity index (χ4v) is 3.30. The maximum absolute atomic E-state index is 11.9. The molecule has 1 amide bonds. The number of fused-ring (bicyclic) bond motifs is 2. The Kier molecular flexibility index (Phi) is 3.92. The molecule has 0 radical (unpaired) electrons. The molecule has 20 heavy (non-hydrogen) atoms. The van der Waals surface area contributed by atoms with Gasteiger partial charge in [-0.05, 0) is 50.3 Å². The Morgan fingerprint density at radius 2 is 2.10 bits per heavy atom. The van der Waals surface area contributed by atoms with Crippen LogP contribution in [0.2, 0.25) is 0 Å². The van der Waals surface area contributed by atoms with Crippen molar-refractivity contribution in [3.8, 4) is 5.75 Å². The summed E-state index contributed by atoms with van der Waals surface area (Å²) in [5.41, 5.74) is 1.14. The summed E-state index contributed by atoms with van der Waals surface area (Å²) >= 11 is 0. The Balaban J connectivity index is 1.45. The number of rotatable bonds is 4. The molecular formula is C16H22N2O2. The zero-order valence-corrected chi connectivity index (χ0v) is 11.9. The van der Waals surface area contributed by atoms with Gasteiger partial charge in [-0.25, -0.2) is 0 Å². The van der Waals surface area contributed by atoms with Gasteiger partial charge < -0.3 is 15.4 Å². The summed E-state index contributed by atoms with van der Waals surface area (Å²) in [7, 11) is 0. The van der Waals surface area contributed by atoms with E-state index < -0.39 is 0 Å². The van der Waals surface area contributed by atoms with Crippen LogP contribution in [0.4, 0.5) is 0 Å². The van der Waals surface area contributed by atoms with Gasteiger partial charge >= 0.3 is 0 Å². The maximum atomic E-state index is 11.9. The largest absolute Gasteiger partial charge is 0.484 e. The molecule has 2 fully saturated rings. The summed E-state index contributed by atoms with van der Waals surface area (Å²) < 4.78 is 5.53. The lowest BCUT2D eigenvalue weighted by molar-refractivity contribution is -0.124. The maximum Gasteiger partial charge on any atom is 0.258 e. The molecule has 4 heteroatoms. The van der Waals surface area contributed by atoms with Crippen LogP contribution in [0.25, 0.3) is 0 Å². The second kappa shape index (κ2) is 5.83. The molecule has 2 heterocycles. The molecule has 2 aliphatic heterocycles. The third-order valence-corrected chi connectivity index (χ3v) is 4.20. The van der Waals surface area contributed by atoms with Crippen LogP contribution in [0.1, 0.15) is 31.2 Å². The SMILES string of the molecule is Cc1cccc(OCC(=O)NC2CC3CCC(C2)N3)c1. The molecule has 108 valence electrons. The Morgan fingerprint density at radius 3 is 2.80 bits per heavy atom. The first kappa shape index (κ1) is 13.4. The smallest absolute Gasteiger partial charge is 0.258 e. The molecule has 0 aromatic heterocycles. The summed E-state index contributed by atoms with van der Waals surface area (Å²) in [4.78, 5) is 11.9. The third-order valence-electron chi connectivity index (χ3n) is 4.20. The molecule has 2 bridgehead atoms. The Labute approximate surface area is 119 Å². The average Bonchev–Trinajstić information content (AvgIpc) is 2.76. The molecule has 0 spiro atoms. The van der Waals surface area contributed by atoms with Gasteiger partial charge in [0.25, 0.3) is 5.91 Å². The first-order chi connectivity index (χ1) is 9.69. The second-order valence-electron chi connectivity index (χ2n) is 5.98. The molecule has 3 rings (SSSR count). The fraction of sp³-hybridized carbons (Fsp3) is 0.562. The van der Waals surface area contributed by atoms with Gasteiger partial charge in [0, 0.05) is 18.1 Å². The van der Waals surface area contributed by atoms with E-state index in [2.05, 4.69) is 10.6 Å². The highest BCUT2D eigenvalue weighted by Gasteiger charge is 2.33. The van der Waals surface area contributed by atoms with Crippen molar-refractivity contribution < 1.29 is 9.53 Å². The number of amides is 1. The van der Waals surface area contributed by atoms with Crippen molar-refractivity contribution in [2.75, 3.05) is 6.61 Å². The number of carbonyl (C=O) groups is 1. The van der Waals surface area contributed by atoms with Crippen molar-refractivity contribution in [2.24, 2.45) is 0 Å². The van der Waals surface area contributed by atoms with Crippen LogP contribution >= 0.6 is 0 Å². The molecule has 1 aromatic rings. The van der Waals surface area contributed by atoms with E-state index >= 15 is 0 Å². The Bertz CT molecular complexity index is 477. The van der Waals surface area contributed by atoms with Gasteiger partial charge in [-0.1, -0.05) is 12.1 Å². The molecule has 0 aliphatic carbocycles. The van der Waals surface area contributed by atoms with Crippen molar-refractivity contribution in [3.05, 3.63) is 29.8 Å². The van der Waals surface area contributed by atoms with Crippen LogP contribution in [0.3, 0.4) is 0 Å². The van der Waals surface area contributed by atoms with Crippen molar-refractivity contribution >= 4 is 5.91 Å². The zero-order valence-electron chi connectivity index (χ0n) is 11.9. The fourth-order valence-electron chi connectivity index (χ4n) is 3.30. The van der Waals surface area contributed by atoms with Gasteiger partial charge in [0.1, 0.15) is 5.75 Å². The monoisotopic (exact) mass is 274 g/mol. The predicted molar refractivity (Wildman–Crippen MR) is 77.8 cm³/mol. The Hall–Kier alpha value is -1.55. The molecule has 0 saturated carbocycles. The minimum absolute atomic E-state index is 0.0159. The summed E-state index contributed by atoms with van der Waals surface area (Å²) in [6.07, 6.45) is 4.59. The topological polar surface area (TPSA) is 50.4 Å². The number of piperidine rings is 1. The van der Waals surface area contributed by atoms with Crippen LogP contribution in [-0.4, -0.2) is 30.6 Å². The minimum Gasteiger partial charge on any atom is -0.484 e. The molecule has 2 atom stereocenters. The van der Waals surface area contributed by atoms with Crippen LogP contribution in [0, 0.1) is 6.92 Å². The lowest BCUT2D eigenvalue weighted by Gasteiger charge is -2.29. The van der Waals surface area contributed by atoms with Crippen LogP contribution in [0.5, 0.6) is 5.75 Å². The van der Waals surface area contributed by atoms with Crippen LogP contribution in [-0.2, 0) is 4.79 Å². The van der Waals surface area contributed by atoms with Crippen LogP contribution < -0.4 is 15.4 Å². The lowest BCUT2D eigenvalue weighted by Crippen LogP contribution is -2.48. The van der Waals surface area contributed by atoms with Crippen molar-refractivity contribution in [1.82, 2.24) is 10.6 Å². The molecule has 2 N–H and O–H groups in total. The number of ether oxygens (including phenoxy) is 1. The quantitative estimate of drug-likeness (QED) is 0.880. The van der Waals surface area contributed by atoms with E-state index in [1.54, 1.807) is 0 Å².